The summed E-state index contributed by atoms with van der Waals surface area (Å²) in [7, 11) is 0. The molecule has 0 fully saturated rings. The number of thiophene rings is 1. The van der Waals surface area contributed by atoms with Crippen molar-refractivity contribution in [3.05, 3.63) is 46.8 Å². The molecule has 0 bridgehead atoms. The lowest BCUT2D eigenvalue weighted by Gasteiger charge is -2.10. The lowest BCUT2D eigenvalue weighted by molar-refractivity contribution is 0.338. The number of para-hydroxylation sites is 1. The summed E-state index contributed by atoms with van der Waals surface area (Å²) in [5.74, 6) is 2.31. The maximum atomic E-state index is 5.86. The highest BCUT2D eigenvalue weighted by Gasteiger charge is 2.10. The van der Waals surface area contributed by atoms with E-state index in [1.54, 1.807) is 11.3 Å². The molecule has 0 aliphatic heterocycles. The third-order valence-electron chi connectivity index (χ3n) is 3.10. The third-order valence-corrected chi connectivity index (χ3v) is 4.74. The molecule has 0 aliphatic carbocycles. The molecule has 0 radical (unpaired) electrons. The number of thioether (sulfide) groups is 1. The summed E-state index contributed by atoms with van der Waals surface area (Å²) in [6, 6.07) is 10.1. The van der Waals surface area contributed by atoms with E-state index in [-0.39, 0.29) is 0 Å². The zero-order valence-corrected chi connectivity index (χ0v) is 14.0. The maximum Gasteiger partial charge on any atom is 0.277 e. The van der Waals surface area contributed by atoms with Gasteiger partial charge < -0.3 is 9.15 Å². The molecule has 0 spiro atoms. The van der Waals surface area contributed by atoms with Gasteiger partial charge in [-0.25, -0.2) is 0 Å². The fourth-order valence-electron chi connectivity index (χ4n) is 2.07. The van der Waals surface area contributed by atoms with E-state index in [0.717, 1.165) is 27.5 Å². The van der Waals surface area contributed by atoms with Crippen LogP contribution < -0.4 is 4.74 Å². The molecule has 3 aromatic rings. The molecular weight excluding hydrogens is 316 g/mol. The third kappa shape index (κ3) is 3.51. The van der Waals surface area contributed by atoms with Gasteiger partial charge in [0.2, 0.25) is 0 Å². The minimum absolute atomic E-state index is 0.577. The van der Waals surface area contributed by atoms with Crippen molar-refractivity contribution in [1.29, 1.82) is 0 Å². The summed E-state index contributed by atoms with van der Waals surface area (Å²) in [5, 5.41) is 10.7. The molecule has 2 aromatic heterocycles. The van der Waals surface area contributed by atoms with Crippen LogP contribution in [-0.4, -0.2) is 22.6 Å². The highest BCUT2D eigenvalue weighted by atomic mass is 32.2. The average Bonchev–Trinajstić information content (AvgIpc) is 3.17. The summed E-state index contributed by atoms with van der Waals surface area (Å²) in [5.41, 5.74) is 2.31. The number of hydrogen-bond acceptors (Lipinski definition) is 6. The highest BCUT2D eigenvalue weighted by molar-refractivity contribution is 7.99. The van der Waals surface area contributed by atoms with Gasteiger partial charge in [-0.2, -0.15) is 0 Å². The molecular formula is C16H16N2O2S2. The van der Waals surface area contributed by atoms with Crippen LogP contribution in [0.2, 0.25) is 0 Å². The van der Waals surface area contributed by atoms with Gasteiger partial charge in [-0.05, 0) is 36.4 Å². The van der Waals surface area contributed by atoms with E-state index in [4.69, 9.17) is 9.15 Å². The van der Waals surface area contributed by atoms with Crippen molar-refractivity contribution in [3.8, 4) is 16.5 Å². The molecule has 0 N–H and O–H groups in total. The fraction of sp³-hybridized carbons (Fsp3) is 0.250. The lowest BCUT2D eigenvalue weighted by atomic mass is 10.1. The molecule has 4 nitrogen and oxygen atoms in total. The number of rotatable bonds is 6. The predicted molar refractivity (Wildman–Crippen MR) is 89.7 cm³/mol. The Morgan fingerprint density at radius 1 is 1.14 bits per heavy atom. The van der Waals surface area contributed by atoms with Gasteiger partial charge >= 0.3 is 0 Å². The van der Waals surface area contributed by atoms with E-state index >= 15 is 0 Å². The number of ether oxygens (including phenoxy) is 1. The van der Waals surface area contributed by atoms with E-state index in [1.165, 1.54) is 11.8 Å². The zero-order valence-electron chi connectivity index (χ0n) is 12.4. The second-order valence-corrected chi connectivity index (χ2v) is 6.76. The van der Waals surface area contributed by atoms with Gasteiger partial charge in [-0.3, -0.25) is 0 Å². The van der Waals surface area contributed by atoms with E-state index in [9.17, 15) is 0 Å². The molecule has 0 saturated heterocycles. The maximum absolute atomic E-state index is 5.86. The summed E-state index contributed by atoms with van der Waals surface area (Å²) in [6.07, 6.45) is 0. The zero-order chi connectivity index (χ0) is 15.4. The molecule has 114 valence electrons. The summed E-state index contributed by atoms with van der Waals surface area (Å²) in [4.78, 5) is 0.992. The average molecular weight is 332 g/mol. The van der Waals surface area contributed by atoms with E-state index in [1.807, 2.05) is 23.6 Å². The second kappa shape index (κ2) is 6.98. The molecule has 2 heterocycles. The Labute approximate surface area is 137 Å². The minimum atomic E-state index is 0.577. The van der Waals surface area contributed by atoms with Crippen LogP contribution >= 0.6 is 23.1 Å². The van der Waals surface area contributed by atoms with Crippen LogP contribution in [0.1, 0.15) is 11.1 Å². The van der Waals surface area contributed by atoms with E-state index in [2.05, 4.69) is 36.2 Å². The first-order chi connectivity index (χ1) is 10.7. The van der Waals surface area contributed by atoms with Gasteiger partial charge in [-0.1, -0.05) is 36.0 Å². The van der Waals surface area contributed by atoms with Gasteiger partial charge in [0, 0.05) is 5.75 Å². The van der Waals surface area contributed by atoms with Crippen LogP contribution in [0.15, 0.2) is 45.4 Å². The van der Waals surface area contributed by atoms with Crippen molar-refractivity contribution >= 4 is 23.1 Å². The quantitative estimate of drug-likeness (QED) is 0.488. The molecule has 22 heavy (non-hydrogen) atoms. The molecule has 0 atom stereocenters. The van der Waals surface area contributed by atoms with Crippen molar-refractivity contribution < 1.29 is 9.15 Å². The first-order valence-electron chi connectivity index (χ1n) is 6.93. The first kappa shape index (κ1) is 15.1. The summed E-state index contributed by atoms with van der Waals surface area (Å²) in [6.45, 7) is 4.72. The van der Waals surface area contributed by atoms with Crippen LogP contribution in [0.5, 0.6) is 5.75 Å². The molecule has 6 heteroatoms. The van der Waals surface area contributed by atoms with Crippen molar-refractivity contribution in [3.63, 3.8) is 0 Å². The minimum Gasteiger partial charge on any atom is -0.492 e. The predicted octanol–water partition coefficient (Wildman–Crippen LogP) is 4.59. The Kier molecular flexibility index (Phi) is 4.80. The summed E-state index contributed by atoms with van der Waals surface area (Å²) >= 11 is 3.10. The van der Waals surface area contributed by atoms with Crippen LogP contribution in [-0.2, 0) is 0 Å². The van der Waals surface area contributed by atoms with E-state index < -0.39 is 0 Å². The number of nitrogens with zero attached hydrogens (tertiary/aromatic N) is 2. The largest absolute Gasteiger partial charge is 0.492 e. The van der Waals surface area contributed by atoms with Crippen LogP contribution in [0.25, 0.3) is 10.8 Å². The van der Waals surface area contributed by atoms with Gasteiger partial charge in [-0.15, -0.1) is 21.5 Å². The highest BCUT2D eigenvalue weighted by Crippen LogP contribution is 2.27. The van der Waals surface area contributed by atoms with Gasteiger partial charge in [0.25, 0.3) is 11.1 Å². The van der Waals surface area contributed by atoms with Gasteiger partial charge in [0.15, 0.2) is 0 Å². The van der Waals surface area contributed by atoms with Crippen molar-refractivity contribution in [2.45, 2.75) is 19.1 Å². The Morgan fingerprint density at radius 2 is 1.95 bits per heavy atom. The monoisotopic (exact) mass is 332 g/mol. The second-order valence-electron chi connectivity index (χ2n) is 4.77. The van der Waals surface area contributed by atoms with E-state index in [0.29, 0.717) is 17.7 Å². The number of aryl methyl sites for hydroxylation is 2. The number of benzene rings is 1. The van der Waals surface area contributed by atoms with Gasteiger partial charge in [0.1, 0.15) is 5.75 Å². The standard InChI is InChI=1S/C16H16N2O2S2/c1-11-5-3-6-12(2)14(11)19-8-10-22-16-18-17-15(20-16)13-7-4-9-21-13/h3-7,9H,8,10H2,1-2H3. The number of aromatic nitrogens is 2. The molecule has 3 rings (SSSR count). The summed E-state index contributed by atoms with van der Waals surface area (Å²) < 4.78 is 11.5. The van der Waals surface area contributed by atoms with Crippen molar-refractivity contribution in [1.82, 2.24) is 10.2 Å². The molecule has 0 unspecified atom stereocenters. The lowest BCUT2D eigenvalue weighted by Crippen LogP contribution is -2.02. The van der Waals surface area contributed by atoms with Crippen LogP contribution in [0.4, 0.5) is 0 Å². The van der Waals surface area contributed by atoms with Crippen LogP contribution in [0.3, 0.4) is 0 Å². The van der Waals surface area contributed by atoms with Gasteiger partial charge in [0.05, 0.1) is 11.5 Å². The topological polar surface area (TPSA) is 48.2 Å². The smallest absolute Gasteiger partial charge is 0.277 e. The first-order valence-corrected chi connectivity index (χ1v) is 8.80. The normalized spacial score (nSPS) is 10.8. The van der Waals surface area contributed by atoms with Crippen LogP contribution in [0, 0.1) is 13.8 Å². The Hall–Kier alpha value is -1.79. The SMILES string of the molecule is Cc1cccc(C)c1OCCSc1nnc(-c2cccs2)o1. The Bertz CT molecular complexity index is 718. The Morgan fingerprint density at radius 3 is 2.68 bits per heavy atom. The molecule has 0 amide bonds. The van der Waals surface area contributed by atoms with Crippen molar-refractivity contribution in [2.24, 2.45) is 0 Å². The Balaban J connectivity index is 1.51. The molecule has 1 aromatic carbocycles. The molecule has 0 saturated carbocycles. The van der Waals surface area contributed by atoms with Crippen molar-refractivity contribution in [2.75, 3.05) is 12.4 Å². The fourth-order valence-corrected chi connectivity index (χ4v) is 3.29. The molecule has 0 aliphatic rings. The number of hydrogen-bond donors (Lipinski definition) is 0.